The van der Waals surface area contributed by atoms with Gasteiger partial charge in [0, 0.05) is 34.3 Å². The maximum atomic E-state index is 12.3. The van der Waals surface area contributed by atoms with Gasteiger partial charge in [0.2, 0.25) is 11.8 Å². The number of furan rings is 1. The molecule has 28 heavy (non-hydrogen) atoms. The molecule has 0 aliphatic carbocycles. The first kappa shape index (κ1) is 17.5. The summed E-state index contributed by atoms with van der Waals surface area (Å²) in [7, 11) is 1.49. The van der Waals surface area contributed by atoms with Crippen molar-refractivity contribution in [3.05, 3.63) is 59.4 Å². The van der Waals surface area contributed by atoms with Crippen molar-refractivity contribution >= 4 is 33.6 Å². The average molecular weight is 377 g/mol. The first-order chi connectivity index (χ1) is 13.4. The number of azo groups is 1. The molecule has 0 aliphatic rings. The van der Waals surface area contributed by atoms with E-state index >= 15 is 0 Å². The first-order valence-corrected chi connectivity index (χ1v) is 8.37. The van der Waals surface area contributed by atoms with Crippen LogP contribution in [0.4, 0.5) is 0 Å². The second-order valence-corrected chi connectivity index (χ2v) is 6.33. The smallest absolute Gasteiger partial charge is 0.331 e. The number of aryl methyl sites for hydroxylation is 1. The molecular formula is C20H15N3O5. The van der Waals surface area contributed by atoms with E-state index in [0.717, 1.165) is 5.39 Å². The number of carbonyl (C=O) groups excluding carboxylic acids is 2. The van der Waals surface area contributed by atoms with E-state index in [-0.39, 0.29) is 23.1 Å². The molecule has 140 valence electrons. The highest BCUT2D eigenvalue weighted by Crippen LogP contribution is 2.35. The van der Waals surface area contributed by atoms with Crippen molar-refractivity contribution in [1.82, 2.24) is 4.57 Å². The monoisotopic (exact) mass is 377 g/mol. The van der Waals surface area contributed by atoms with Crippen LogP contribution in [0, 0.1) is 6.92 Å². The molecule has 8 heteroatoms. The third-order valence-corrected chi connectivity index (χ3v) is 4.65. The molecule has 0 fully saturated rings. The van der Waals surface area contributed by atoms with Crippen LogP contribution in [0.15, 0.2) is 57.1 Å². The number of hydrogen-bond donors (Lipinski definition) is 2. The van der Waals surface area contributed by atoms with Crippen molar-refractivity contribution in [2.45, 2.75) is 6.92 Å². The van der Waals surface area contributed by atoms with Crippen LogP contribution in [0.3, 0.4) is 0 Å². The molecule has 2 aromatic carbocycles. The molecule has 0 bridgehead atoms. The second-order valence-electron chi connectivity index (χ2n) is 6.33. The van der Waals surface area contributed by atoms with Gasteiger partial charge in [-0.2, -0.15) is 0 Å². The average Bonchev–Trinajstić information content (AvgIpc) is 3.16. The minimum Gasteiger partial charge on any atom is -0.494 e. The van der Waals surface area contributed by atoms with Gasteiger partial charge >= 0.3 is 5.91 Å². The fourth-order valence-electron chi connectivity index (χ4n) is 3.09. The molecule has 0 atom stereocenters. The largest absolute Gasteiger partial charge is 0.494 e. The van der Waals surface area contributed by atoms with Crippen LogP contribution in [0.25, 0.3) is 21.7 Å². The predicted molar refractivity (Wildman–Crippen MR) is 101 cm³/mol. The Morgan fingerprint density at radius 1 is 0.929 bits per heavy atom. The summed E-state index contributed by atoms with van der Waals surface area (Å²) in [4.78, 5) is 24.6. The van der Waals surface area contributed by atoms with E-state index in [1.165, 1.54) is 29.8 Å². The lowest BCUT2D eigenvalue weighted by molar-refractivity contribution is 0.0932. The van der Waals surface area contributed by atoms with Gasteiger partial charge in [-0.3, -0.25) is 14.2 Å². The summed E-state index contributed by atoms with van der Waals surface area (Å²) in [6, 6.07) is 11.5. The lowest BCUT2D eigenvalue weighted by Crippen LogP contribution is -1.98. The Morgan fingerprint density at radius 2 is 1.61 bits per heavy atom. The van der Waals surface area contributed by atoms with Crippen LogP contribution in [-0.4, -0.2) is 26.6 Å². The fourth-order valence-corrected chi connectivity index (χ4v) is 3.09. The lowest BCUT2D eigenvalue weighted by Gasteiger charge is -1.96. The maximum absolute atomic E-state index is 12.3. The number of hydrogen-bond acceptors (Lipinski definition) is 5. The number of aromatic nitrogens is 1. The number of aromatic hydroxyl groups is 2. The number of carbonyl (C=O) groups is 2. The van der Waals surface area contributed by atoms with Crippen molar-refractivity contribution in [1.29, 1.82) is 0 Å². The zero-order valence-corrected chi connectivity index (χ0v) is 15.0. The van der Waals surface area contributed by atoms with Gasteiger partial charge in [0.25, 0.3) is 5.91 Å². The zero-order valence-electron chi connectivity index (χ0n) is 15.0. The van der Waals surface area contributed by atoms with Gasteiger partial charge in [-0.1, -0.05) is 23.3 Å². The van der Waals surface area contributed by atoms with Crippen LogP contribution in [0.1, 0.15) is 26.5 Å². The number of amides is 2. The summed E-state index contributed by atoms with van der Waals surface area (Å²) < 4.78 is 6.70. The summed E-state index contributed by atoms with van der Waals surface area (Å²) >= 11 is 0. The molecule has 2 heterocycles. The van der Waals surface area contributed by atoms with Gasteiger partial charge in [0.1, 0.15) is 5.58 Å². The molecule has 2 aromatic heterocycles. The van der Waals surface area contributed by atoms with Crippen LogP contribution in [0.5, 0.6) is 11.8 Å². The van der Waals surface area contributed by atoms with Crippen LogP contribution in [0.2, 0.25) is 0 Å². The molecule has 4 aromatic rings. The third kappa shape index (κ3) is 2.62. The highest BCUT2D eigenvalue weighted by molar-refractivity contribution is 6.03. The molecule has 4 rings (SSSR count). The Morgan fingerprint density at radius 3 is 2.36 bits per heavy atom. The fraction of sp³-hybridized carbons (Fsp3) is 0.100. The summed E-state index contributed by atoms with van der Waals surface area (Å²) in [5, 5.41) is 28.4. The van der Waals surface area contributed by atoms with E-state index in [4.69, 9.17) is 4.42 Å². The number of rotatable bonds is 2. The zero-order chi connectivity index (χ0) is 20.0. The van der Waals surface area contributed by atoms with E-state index in [1.54, 1.807) is 19.1 Å². The van der Waals surface area contributed by atoms with Gasteiger partial charge in [0.15, 0.2) is 5.76 Å². The van der Waals surface area contributed by atoms with Gasteiger partial charge in [-0.25, -0.2) is 0 Å². The van der Waals surface area contributed by atoms with Crippen LogP contribution >= 0.6 is 0 Å². The minimum atomic E-state index is -0.761. The Bertz CT molecular complexity index is 1300. The predicted octanol–water partition coefficient (Wildman–Crippen LogP) is 4.08. The summed E-state index contributed by atoms with van der Waals surface area (Å²) in [5.41, 5.74) is 1.29. The topological polar surface area (TPSA) is 117 Å². The number of fused-ring (bicyclic) bond motifs is 2. The quantitative estimate of drug-likeness (QED) is 0.511. The van der Waals surface area contributed by atoms with Crippen LogP contribution < -0.4 is 0 Å². The maximum Gasteiger partial charge on any atom is 0.331 e. The third-order valence-electron chi connectivity index (χ3n) is 4.65. The number of benzene rings is 2. The van der Waals surface area contributed by atoms with E-state index in [1.807, 2.05) is 12.1 Å². The van der Waals surface area contributed by atoms with Gasteiger partial charge < -0.3 is 14.6 Å². The Hall–Kier alpha value is -3.94. The van der Waals surface area contributed by atoms with Crippen LogP contribution in [-0.2, 0) is 7.05 Å². The van der Waals surface area contributed by atoms with E-state index < -0.39 is 11.8 Å². The Kier molecular flexibility index (Phi) is 3.96. The molecule has 2 N–H and O–H groups in total. The molecule has 0 radical (unpaired) electrons. The van der Waals surface area contributed by atoms with Crippen molar-refractivity contribution < 1.29 is 24.2 Å². The standard InChI is InChI=1S/C20H15N3O5/c1-10-12-5-3-4-6-15(12)28-16(10)18(25)22-21-17(24)11-7-8-13-14(9-11)20(27)23(2)19(13)26/h3-9,26-27H,1-2H3. The summed E-state index contributed by atoms with van der Waals surface area (Å²) in [6.07, 6.45) is 0. The highest BCUT2D eigenvalue weighted by Gasteiger charge is 2.19. The molecule has 0 aliphatic heterocycles. The molecular weight excluding hydrogens is 362 g/mol. The van der Waals surface area contributed by atoms with Crippen molar-refractivity contribution in [3.8, 4) is 11.8 Å². The van der Waals surface area contributed by atoms with Gasteiger partial charge in [-0.05, 0) is 31.2 Å². The number of nitrogens with zero attached hydrogens (tertiary/aromatic N) is 3. The second kappa shape index (κ2) is 6.34. The Balaban J connectivity index is 1.63. The molecule has 2 amide bonds. The minimum absolute atomic E-state index is 0.0267. The van der Waals surface area contributed by atoms with E-state index in [2.05, 4.69) is 10.2 Å². The lowest BCUT2D eigenvalue weighted by atomic mass is 10.1. The SMILES string of the molecule is Cc1c(C(=O)N=NC(=O)c2ccc3c(O)n(C)c(O)c3c2)oc2ccccc12. The molecule has 0 saturated carbocycles. The van der Waals surface area contributed by atoms with Gasteiger partial charge in [0.05, 0.1) is 0 Å². The molecule has 0 unspecified atom stereocenters. The van der Waals surface area contributed by atoms with E-state index in [0.29, 0.717) is 21.9 Å². The highest BCUT2D eigenvalue weighted by atomic mass is 16.3. The molecule has 0 spiro atoms. The Labute approximate surface area is 158 Å². The van der Waals surface area contributed by atoms with Crippen molar-refractivity contribution in [2.75, 3.05) is 0 Å². The summed E-state index contributed by atoms with van der Waals surface area (Å²) in [5.74, 6) is -1.80. The van der Waals surface area contributed by atoms with Crippen molar-refractivity contribution in [3.63, 3.8) is 0 Å². The first-order valence-electron chi connectivity index (χ1n) is 8.37. The van der Waals surface area contributed by atoms with Gasteiger partial charge in [-0.15, -0.1) is 5.11 Å². The molecule has 0 saturated heterocycles. The molecule has 8 nitrogen and oxygen atoms in total. The number of para-hydroxylation sites is 1. The summed E-state index contributed by atoms with van der Waals surface area (Å²) in [6.45, 7) is 1.73. The van der Waals surface area contributed by atoms with E-state index in [9.17, 15) is 19.8 Å². The normalized spacial score (nSPS) is 11.6. The van der Waals surface area contributed by atoms with Crippen molar-refractivity contribution in [2.24, 2.45) is 17.3 Å².